The monoisotopic (exact) mass is 826 g/mol. The highest BCUT2D eigenvalue weighted by Gasteiger charge is 2.16. The molecule has 0 aliphatic heterocycles. The van der Waals surface area contributed by atoms with Gasteiger partial charge in [0.2, 0.25) is 0 Å². The molecule has 3 aromatic heterocycles. The molecule has 0 saturated carbocycles. The lowest BCUT2D eigenvalue weighted by atomic mass is 9.98. The summed E-state index contributed by atoms with van der Waals surface area (Å²) in [6, 6.07) is 67.4. The lowest BCUT2D eigenvalue weighted by Gasteiger charge is -2.10. The van der Waals surface area contributed by atoms with Gasteiger partial charge in [-0.3, -0.25) is 0 Å². The molecule has 298 valence electrons. The van der Waals surface area contributed by atoms with Gasteiger partial charge in [0.15, 0.2) is 34.9 Å². The van der Waals surface area contributed by atoms with Crippen LogP contribution < -0.4 is 0 Å². The molecular weight excluding hydrogens is 789 g/mol. The van der Waals surface area contributed by atoms with E-state index in [2.05, 4.69) is 147 Å². The Kier molecular flexibility index (Phi) is 9.71. The van der Waals surface area contributed by atoms with Crippen LogP contribution >= 0.6 is 11.3 Å². The Labute approximate surface area is 369 Å². The summed E-state index contributed by atoms with van der Waals surface area (Å²) < 4.78 is 2.48. The van der Waals surface area contributed by atoms with Crippen LogP contribution in [0.5, 0.6) is 0 Å². The Morgan fingerprint density at radius 2 is 0.540 bits per heavy atom. The van der Waals surface area contributed by atoms with Crippen LogP contribution in [0.1, 0.15) is 11.1 Å². The molecule has 0 saturated heterocycles. The third-order valence-corrected chi connectivity index (χ3v) is 12.5. The van der Waals surface area contributed by atoms with Gasteiger partial charge in [0, 0.05) is 53.6 Å². The van der Waals surface area contributed by atoms with E-state index in [0.717, 1.165) is 55.6 Å². The highest BCUT2D eigenvalue weighted by Crippen LogP contribution is 2.40. The molecule has 0 radical (unpaired) electrons. The Bertz CT molecular complexity index is 3230. The van der Waals surface area contributed by atoms with Gasteiger partial charge in [0.25, 0.3) is 0 Å². The van der Waals surface area contributed by atoms with E-state index in [1.165, 1.54) is 31.3 Å². The fourth-order valence-corrected chi connectivity index (χ4v) is 8.99. The number of hydrogen-bond acceptors (Lipinski definition) is 7. The van der Waals surface area contributed by atoms with Crippen LogP contribution in [-0.2, 0) is 0 Å². The largest absolute Gasteiger partial charge is 0.208 e. The van der Waals surface area contributed by atoms with E-state index >= 15 is 0 Å². The number of aryl methyl sites for hydroxylation is 2. The van der Waals surface area contributed by atoms with E-state index in [0.29, 0.717) is 34.9 Å². The minimum atomic E-state index is 0.634. The number of nitrogens with zero attached hydrogens (tertiary/aromatic N) is 6. The second kappa shape index (κ2) is 16.1. The van der Waals surface area contributed by atoms with Crippen molar-refractivity contribution in [2.45, 2.75) is 13.8 Å². The second-order valence-corrected chi connectivity index (χ2v) is 16.8. The smallest absolute Gasteiger partial charge is 0.164 e. The van der Waals surface area contributed by atoms with E-state index in [-0.39, 0.29) is 0 Å². The Morgan fingerprint density at radius 3 is 0.921 bits per heavy atom. The number of benzene rings is 8. The van der Waals surface area contributed by atoms with Crippen molar-refractivity contribution in [2.75, 3.05) is 0 Å². The summed E-state index contributed by atoms with van der Waals surface area (Å²) >= 11 is 1.82. The van der Waals surface area contributed by atoms with E-state index in [9.17, 15) is 0 Å². The number of thiophene rings is 1. The van der Waals surface area contributed by atoms with Crippen LogP contribution in [-0.4, -0.2) is 29.9 Å². The quantitative estimate of drug-likeness (QED) is 0.152. The first-order chi connectivity index (χ1) is 31.0. The SMILES string of the molecule is Cc1ccc(-c2nc(-c3ccccc3)nc(-c3cccc(-c4ccc5sc6ccc(-c7cccc(-c8nc(-c9ccccc9)nc(-c9ccc(C)cc9)n8)c7)cc6c5c4)c3)n2)cc1. The summed E-state index contributed by atoms with van der Waals surface area (Å²) in [7, 11) is 0. The zero-order valence-electron chi connectivity index (χ0n) is 34.6. The van der Waals surface area contributed by atoms with Crippen LogP contribution in [0, 0.1) is 13.8 Å². The summed E-state index contributed by atoms with van der Waals surface area (Å²) in [5, 5.41) is 2.44. The van der Waals surface area contributed by atoms with Crippen molar-refractivity contribution in [1.82, 2.24) is 29.9 Å². The van der Waals surface area contributed by atoms with Crippen molar-refractivity contribution in [3.8, 4) is 90.6 Å². The molecule has 0 N–H and O–H groups in total. The van der Waals surface area contributed by atoms with Crippen molar-refractivity contribution in [3.05, 3.63) is 205 Å². The topological polar surface area (TPSA) is 77.3 Å². The van der Waals surface area contributed by atoms with Gasteiger partial charge < -0.3 is 0 Å². The molecule has 63 heavy (non-hydrogen) atoms. The summed E-state index contributed by atoms with van der Waals surface area (Å²) in [5.41, 5.74) is 12.5. The second-order valence-electron chi connectivity index (χ2n) is 15.8. The highest BCUT2D eigenvalue weighted by atomic mass is 32.1. The molecule has 0 bridgehead atoms. The molecule has 8 aromatic carbocycles. The maximum Gasteiger partial charge on any atom is 0.164 e. The van der Waals surface area contributed by atoms with Gasteiger partial charge in [-0.25, -0.2) is 29.9 Å². The van der Waals surface area contributed by atoms with Crippen molar-refractivity contribution < 1.29 is 0 Å². The van der Waals surface area contributed by atoms with Gasteiger partial charge in [-0.1, -0.05) is 169 Å². The molecule has 0 fully saturated rings. The van der Waals surface area contributed by atoms with Crippen LogP contribution in [0.4, 0.5) is 0 Å². The predicted octanol–water partition coefficient (Wildman–Crippen LogP) is 14.4. The third-order valence-electron chi connectivity index (χ3n) is 11.3. The molecule has 7 heteroatoms. The summed E-state index contributed by atoms with van der Waals surface area (Å²) in [5.74, 6) is 3.85. The van der Waals surface area contributed by atoms with Crippen LogP contribution in [0.2, 0.25) is 0 Å². The molecule has 0 spiro atoms. The Balaban J connectivity index is 0.959. The summed E-state index contributed by atoms with van der Waals surface area (Å²) in [6.45, 7) is 4.17. The van der Waals surface area contributed by atoms with Gasteiger partial charge in [-0.05, 0) is 72.5 Å². The van der Waals surface area contributed by atoms with Gasteiger partial charge in [-0.15, -0.1) is 11.3 Å². The molecule has 6 nitrogen and oxygen atoms in total. The Morgan fingerprint density at radius 1 is 0.254 bits per heavy atom. The van der Waals surface area contributed by atoms with Gasteiger partial charge in [-0.2, -0.15) is 0 Å². The van der Waals surface area contributed by atoms with Crippen LogP contribution in [0.25, 0.3) is 111 Å². The van der Waals surface area contributed by atoms with E-state index in [1.807, 2.05) is 72.0 Å². The lowest BCUT2D eigenvalue weighted by molar-refractivity contribution is 1.07. The van der Waals surface area contributed by atoms with Gasteiger partial charge in [0.1, 0.15) is 0 Å². The van der Waals surface area contributed by atoms with Crippen molar-refractivity contribution in [3.63, 3.8) is 0 Å². The van der Waals surface area contributed by atoms with Crippen molar-refractivity contribution in [2.24, 2.45) is 0 Å². The first-order valence-electron chi connectivity index (χ1n) is 20.9. The van der Waals surface area contributed by atoms with Crippen LogP contribution in [0.3, 0.4) is 0 Å². The third kappa shape index (κ3) is 7.67. The minimum Gasteiger partial charge on any atom is -0.208 e. The maximum absolute atomic E-state index is 5.02. The number of aromatic nitrogens is 6. The zero-order valence-corrected chi connectivity index (χ0v) is 35.4. The maximum atomic E-state index is 5.02. The summed E-state index contributed by atoms with van der Waals surface area (Å²) in [4.78, 5) is 29.9. The van der Waals surface area contributed by atoms with Gasteiger partial charge in [0.05, 0.1) is 0 Å². The van der Waals surface area contributed by atoms with Crippen molar-refractivity contribution >= 4 is 31.5 Å². The number of rotatable bonds is 8. The van der Waals surface area contributed by atoms with E-state index in [1.54, 1.807) is 0 Å². The number of fused-ring (bicyclic) bond motifs is 3. The molecule has 0 aliphatic carbocycles. The molecule has 3 heterocycles. The molecule has 0 unspecified atom stereocenters. The lowest BCUT2D eigenvalue weighted by Crippen LogP contribution is -2.00. The van der Waals surface area contributed by atoms with E-state index in [4.69, 9.17) is 29.9 Å². The van der Waals surface area contributed by atoms with Crippen molar-refractivity contribution in [1.29, 1.82) is 0 Å². The Hall–Kier alpha value is -8.00. The average Bonchev–Trinajstić information content (AvgIpc) is 3.72. The molecule has 0 aliphatic rings. The van der Waals surface area contributed by atoms with Gasteiger partial charge >= 0.3 is 0 Å². The molecule has 0 atom stereocenters. The van der Waals surface area contributed by atoms with E-state index < -0.39 is 0 Å². The zero-order chi connectivity index (χ0) is 42.3. The first kappa shape index (κ1) is 38.0. The summed E-state index contributed by atoms with van der Waals surface area (Å²) in [6.07, 6.45) is 0. The molecular formula is C56H38N6S. The molecule has 11 aromatic rings. The average molecular weight is 827 g/mol. The standard InChI is InChI=1S/C56H38N6S/c1-35-19-23-39(24-20-35)53-57-51(37-11-5-3-6-12-37)59-55(61-53)45-17-9-15-41(31-45)43-27-29-49-47(33-43)48-34-44(28-30-50(48)63-49)42-16-10-18-46(32-42)56-60-52(38-13-7-4-8-14-38)58-54(62-56)40-25-21-36(2)22-26-40/h3-34H,1-2H3. The fraction of sp³-hybridized carbons (Fsp3) is 0.0357. The molecule has 11 rings (SSSR count). The highest BCUT2D eigenvalue weighted by molar-refractivity contribution is 7.25. The van der Waals surface area contributed by atoms with Crippen LogP contribution in [0.15, 0.2) is 194 Å². The first-order valence-corrected chi connectivity index (χ1v) is 21.7. The predicted molar refractivity (Wildman–Crippen MR) is 259 cm³/mol. The fourth-order valence-electron chi connectivity index (χ4n) is 7.92. The normalized spacial score (nSPS) is 11.3. The minimum absolute atomic E-state index is 0.634. The molecule has 0 amide bonds. The number of hydrogen-bond donors (Lipinski definition) is 0.